The summed E-state index contributed by atoms with van der Waals surface area (Å²) in [6.45, 7) is 5.34. The number of rotatable bonds is 3. The van der Waals surface area contributed by atoms with Crippen LogP contribution < -0.4 is 10.9 Å². The lowest BCUT2D eigenvalue weighted by atomic mass is 10.2. The van der Waals surface area contributed by atoms with Crippen LogP contribution >= 0.6 is 0 Å². The van der Waals surface area contributed by atoms with E-state index in [2.05, 4.69) is 15.2 Å². The Morgan fingerprint density at radius 2 is 2.05 bits per heavy atom. The molecule has 0 aliphatic carbocycles. The maximum atomic E-state index is 13.2. The third-order valence-electron chi connectivity index (χ3n) is 3.65. The molecule has 5 nitrogen and oxygen atoms in total. The van der Waals surface area contributed by atoms with Crippen LogP contribution in [0.15, 0.2) is 29.3 Å². The summed E-state index contributed by atoms with van der Waals surface area (Å²) in [4.78, 5) is 18.8. The highest BCUT2D eigenvalue weighted by Crippen LogP contribution is 2.08. The molecule has 0 spiro atoms. The molecule has 0 bridgehead atoms. The second-order valence-corrected chi connectivity index (χ2v) is 5.00. The highest BCUT2D eigenvalue weighted by molar-refractivity contribution is 5.77. The average Bonchev–Trinajstić information content (AvgIpc) is 2.48. The summed E-state index contributed by atoms with van der Waals surface area (Å²) < 4.78 is 14.8. The molecule has 1 aromatic carbocycles. The van der Waals surface area contributed by atoms with Crippen LogP contribution in [-0.2, 0) is 6.54 Å². The van der Waals surface area contributed by atoms with Crippen molar-refractivity contribution >= 4 is 10.9 Å². The largest absolute Gasteiger partial charge is 0.314 e. The predicted octanol–water partition coefficient (Wildman–Crippen LogP) is 0.441. The zero-order valence-corrected chi connectivity index (χ0v) is 11.2. The quantitative estimate of drug-likeness (QED) is 0.884. The zero-order valence-electron chi connectivity index (χ0n) is 11.2. The van der Waals surface area contributed by atoms with Gasteiger partial charge in [0.25, 0.3) is 5.56 Å². The third kappa shape index (κ3) is 2.71. The molecule has 0 amide bonds. The molecule has 1 saturated heterocycles. The number of piperazine rings is 1. The average molecular weight is 276 g/mol. The van der Waals surface area contributed by atoms with Crippen LogP contribution in [0, 0.1) is 5.82 Å². The van der Waals surface area contributed by atoms with Crippen molar-refractivity contribution in [1.82, 2.24) is 19.8 Å². The van der Waals surface area contributed by atoms with E-state index in [1.54, 1.807) is 10.9 Å². The van der Waals surface area contributed by atoms with Crippen LogP contribution in [0.1, 0.15) is 0 Å². The lowest BCUT2D eigenvalue weighted by Gasteiger charge is -2.27. The van der Waals surface area contributed by atoms with Crippen molar-refractivity contribution < 1.29 is 4.39 Å². The Kier molecular flexibility index (Phi) is 3.75. The zero-order chi connectivity index (χ0) is 13.9. The third-order valence-corrected chi connectivity index (χ3v) is 3.65. The van der Waals surface area contributed by atoms with Crippen molar-refractivity contribution in [2.75, 3.05) is 32.7 Å². The van der Waals surface area contributed by atoms with Gasteiger partial charge < -0.3 is 5.32 Å². The molecule has 6 heteroatoms. The van der Waals surface area contributed by atoms with Gasteiger partial charge in [-0.15, -0.1) is 0 Å². The molecule has 2 aromatic rings. The van der Waals surface area contributed by atoms with Gasteiger partial charge in [-0.3, -0.25) is 14.3 Å². The van der Waals surface area contributed by atoms with Crippen molar-refractivity contribution in [3.8, 4) is 0 Å². The summed E-state index contributed by atoms with van der Waals surface area (Å²) in [5.74, 6) is -0.406. The van der Waals surface area contributed by atoms with E-state index in [9.17, 15) is 9.18 Å². The summed E-state index contributed by atoms with van der Waals surface area (Å²) in [5, 5.41) is 3.63. The number of hydrogen-bond acceptors (Lipinski definition) is 4. The van der Waals surface area contributed by atoms with Crippen molar-refractivity contribution in [1.29, 1.82) is 0 Å². The van der Waals surface area contributed by atoms with E-state index < -0.39 is 5.82 Å². The van der Waals surface area contributed by atoms with E-state index in [0.29, 0.717) is 17.4 Å². The van der Waals surface area contributed by atoms with E-state index in [1.807, 2.05) is 0 Å². The first kappa shape index (κ1) is 13.2. The van der Waals surface area contributed by atoms with Crippen molar-refractivity contribution in [2.45, 2.75) is 6.54 Å². The van der Waals surface area contributed by atoms with Gasteiger partial charge in [-0.05, 0) is 18.2 Å². The number of hydrogen-bond donors (Lipinski definition) is 1. The minimum atomic E-state index is -0.406. The number of fused-ring (bicyclic) bond motifs is 1. The van der Waals surface area contributed by atoms with Gasteiger partial charge in [0.2, 0.25) is 0 Å². The highest BCUT2D eigenvalue weighted by atomic mass is 19.1. The molecule has 0 atom stereocenters. The summed E-state index contributed by atoms with van der Waals surface area (Å²) >= 11 is 0. The second-order valence-electron chi connectivity index (χ2n) is 5.00. The summed E-state index contributed by atoms with van der Waals surface area (Å²) in [5.41, 5.74) is 0.361. The Labute approximate surface area is 116 Å². The van der Waals surface area contributed by atoms with E-state index >= 15 is 0 Å². The van der Waals surface area contributed by atoms with E-state index in [0.717, 1.165) is 32.7 Å². The number of halogens is 1. The van der Waals surface area contributed by atoms with Crippen LogP contribution in [0.25, 0.3) is 10.9 Å². The summed E-state index contributed by atoms with van der Waals surface area (Å²) in [7, 11) is 0. The number of nitrogens with one attached hydrogen (secondary N) is 1. The molecule has 1 N–H and O–H groups in total. The molecule has 1 fully saturated rings. The minimum Gasteiger partial charge on any atom is -0.314 e. The van der Waals surface area contributed by atoms with E-state index in [4.69, 9.17) is 0 Å². The Morgan fingerprint density at radius 1 is 1.25 bits per heavy atom. The van der Waals surface area contributed by atoms with Crippen LogP contribution in [0.3, 0.4) is 0 Å². The highest BCUT2D eigenvalue weighted by Gasteiger charge is 2.10. The van der Waals surface area contributed by atoms with E-state index in [-0.39, 0.29) is 5.56 Å². The lowest BCUT2D eigenvalue weighted by Crippen LogP contribution is -2.45. The fourth-order valence-electron chi connectivity index (χ4n) is 2.47. The Morgan fingerprint density at radius 3 is 2.85 bits per heavy atom. The maximum absolute atomic E-state index is 13.2. The van der Waals surface area contributed by atoms with Crippen LogP contribution in [-0.4, -0.2) is 47.2 Å². The standard InChI is InChI=1S/C14H17FN4O/c15-11-1-2-13-12(9-11)14(20)19(10-17-13)8-7-18-5-3-16-4-6-18/h1-2,9-10,16H,3-8H2. The number of nitrogens with zero attached hydrogens (tertiary/aromatic N) is 3. The first-order chi connectivity index (χ1) is 9.74. The molecule has 2 heterocycles. The topological polar surface area (TPSA) is 50.2 Å². The molecule has 20 heavy (non-hydrogen) atoms. The molecular formula is C14H17FN4O. The molecule has 106 valence electrons. The van der Waals surface area contributed by atoms with Gasteiger partial charge in [-0.25, -0.2) is 9.37 Å². The van der Waals surface area contributed by atoms with Crippen molar-refractivity contribution in [2.24, 2.45) is 0 Å². The van der Waals surface area contributed by atoms with Crippen LogP contribution in [0.2, 0.25) is 0 Å². The van der Waals surface area contributed by atoms with Crippen LogP contribution in [0.5, 0.6) is 0 Å². The van der Waals surface area contributed by atoms with Gasteiger partial charge in [0.1, 0.15) is 5.82 Å². The molecule has 0 saturated carbocycles. The van der Waals surface area contributed by atoms with E-state index in [1.165, 1.54) is 18.2 Å². The van der Waals surface area contributed by atoms with Gasteiger partial charge in [-0.1, -0.05) is 0 Å². The molecular weight excluding hydrogens is 259 g/mol. The minimum absolute atomic E-state index is 0.176. The van der Waals surface area contributed by atoms with Gasteiger partial charge in [-0.2, -0.15) is 0 Å². The maximum Gasteiger partial charge on any atom is 0.261 e. The number of benzene rings is 1. The molecule has 3 rings (SSSR count). The van der Waals surface area contributed by atoms with Gasteiger partial charge in [0.15, 0.2) is 0 Å². The lowest BCUT2D eigenvalue weighted by molar-refractivity contribution is 0.231. The van der Waals surface area contributed by atoms with Gasteiger partial charge in [0.05, 0.1) is 17.2 Å². The van der Waals surface area contributed by atoms with Crippen molar-refractivity contribution in [3.63, 3.8) is 0 Å². The van der Waals surface area contributed by atoms with Crippen molar-refractivity contribution in [3.05, 3.63) is 40.7 Å². The monoisotopic (exact) mass is 276 g/mol. The fourth-order valence-corrected chi connectivity index (χ4v) is 2.47. The molecule has 1 aromatic heterocycles. The molecule has 1 aliphatic rings. The first-order valence-electron chi connectivity index (χ1n) is 6.82. The Bertz CT molecular complexity index is 664. The summed E-state index contributed by atoms with van der Waals surface area (Å²) in [6, 6.07) is 4.11. The predicted molar refractivity (Wildman–Crippen MR) is 75.3 cm³/mol. The SMILES string of the molecule is O=c1c2cc(F)ccc2ncn1CCN1CCNCC1. The smallest absolute Gasteiger partial charge is 0.261 e. The second kappa shape index (κ2) is 5.68. The normalized spacial score (nSPS) is 16.6. The Hall–Kier alpha value is -1.79. The fraction of sp³-hybridized carbons (Fsp3) is 0.429. The number of aromatic nitrogens is 2. The van der Waals surface area contributed by atoms with Crippen LogP contribution in [0.4, 0.5) is 4.39 Å². The molecule has 1 aliphatic heterocycles. The summed E-state index contributed by atoms with van der Waals surface area (Å²) in [6.07, 6.45) is 1.55. The molecule has 0 radical (unpaired) electrons. The van der Waals surface area contributed by atoms with Gasteiger partial charge in [0, 0.05) is 39.3 Å². The Balaban J connectivity index is 1.81. The molecule has 0 unspecified atom stereocenters. The van der Waals surface area contributed by atoms with Gasteiger partial charge >= 0.3 is 0 Å². The first-order valence-corrected chi connectivity index (χ1v) is 6.82.